The zero-order valence-electron chi connectivity index (χ0n) is 17.6. The standard InChI is InChI=1S/C22H29N5O3/c1-26(2)21(29)16-25-22(23-12-11-19-5-4-14-30-19)24-15-17-7-9-18(10-8-17)27-13-3-6-20(27)28/h4-5,7-10,14H,3,6,11-13,15-16H2,1-2H3,(H2,23,24,25). The fourth-order valence-electron chi connectivity index (χ4n) is 3.12. The van der Waals surface area contributed by atoms with Gasteiger partial charge in [0.25, 0.3) is 0 Å². The van der Waals surface area contributed by atoms with E-state index in [2.05, 4.69) is 15.6 Å². The summed E-state index contributed by atoms with van der Waals surface area (Å²) in [5, 5.41) is 6.32. The lowest BCUT2D eigenvalue weighted by atomic mass is 10.2. The quantitative estimate of drug-likeness (QED) is 0.510. The second-order valence-corrected chi connectivity index (χ2v) is 7.38. The van der Waals surface area contributed by atoms with E-state index < -0.39 is 0 Å². The van der Waals surface area contributed by atoms with Gasteiger partial charge in [0.1, 0.15) is 5.76 Å². The Labute approximate surface area is 176 Å². The number of amides is 2. The number of benzene rings is 1. The highest BCUT2D eigenvalue weighted by Gasteiger charge is 2.21. The first-order valence-electron chi connectivity index (χ1n) is 10.2. The van der Waals surface area contributed by atoms with Crippen LogP contribution in [-0.2, 0) is 22.6 Å². The number of aliphatic imine (C=N–C) groups is 1. The summed E-state index contributed by atoms with van der Waals surface area (Å²) in [5.41, 5.74) is 1.95. The number of anilines is 1. The molecule has 1 aliphatic heterocycles. The van der Waals surface area contributed by atoms with Gasteiger partial charge in [-0.25, -0.2) is 4.99 Å². The van der Waals surface area contributed by atoms with Gasteiger partial charge in [0.15, 0.2) is 5.96 Å². The van der Waals surface area contributed by atoms with E-state index in [1.54, 1.807) is 20.4 Å². The zero-order valence-corrected chi connectivity index (χ0v) is 17.6. The topological polar surface area (TPSA) is 90.2 Å². The van der Waals surface area contributed by atoms with Gasteiger partial charge < -0.3 is 24.9 Å². The molecule has 1 aromatic carbocycles. The Morgan fingerprint density at radius 1 is 1.20 bits per heavy atom. The molecule has 2 heterocycles. The van der Waals surface area contributed by atoms with Crippen molar-refractivity contribution in [2.24, 2.45) is 4.99 Å². The summed E-state index contributed by atoms with van der Waals surface area (Å²) >= 11 is 0. The molecular weight excluding hydrogens is 382 g/mol. The number of carbonyl (C=O) groups excluding carboxylic acids is 2. The zero-order chi connectivity index (χ0) is 21.3. The summed E-state index contributed by atoms with van der Waals surface area (Å²) in [6, 6.07) is 11.7. The molecule has 3 rings (SSSR count). The van der Waals surface area contributed by atoms with Crippen molar-refractivity contribution in [2.75, 3.05) is 38.6 Å². The molecule has 2 N–H and O–H groups in total. The summed E-state index contributed by atoms with van der Waals surface area (Å²) in [6.07, 6.45) is 3.90. The molecule has 2 aromatic rings. The minimum atomic E-state index is -0.0323. The highest BCUT2D eigenvalue weighted by Crippen LogP contribution is 2.21. The number of guanidine groups is 1. The lowest BCUT2D eigenvalue weighted by molar-refractivity contribution is -0.127. The fourth-order valence-corrected chi connectivity index (χ4v) is 3.12. The minimum Gasteiger partial charge on any atom is -0.469 e. The molecule has 0 unspecified atom stereocenters. The number of hydrogen-bond acceptors (Lipinski definition) is 4. The molecule has 2 amide bonds. The van der Waals surface area contributed by atoms with E-state index in [0.717, 1.165) is 30.0 Å². The highest BCUT2D eigenvalue weighted by atomic mass is 16.3. The van der Waals surface area contributed by atoms with Crippen LogP contribution in [0.3, 0.4) is 0 Å². The summed E-state index contributed by atoms with van der Waals surface area (Å²) in [7, 11) is 3.44. The average molecular weight is 412 g/mol. The third-order valence-electron chi connectivity index (χ3n) is 4.89. The number of furan rings is 1. The molecular formula is C22H29N5O3. The maximum absolute atomic E-state index is 11.9. The van der Waals surface area contributed by atoms with Gasteiger partial charge in [-0.2, -0.15) is 0 Å². The van der Waals surface area contributed by atoms with Gasteiger partial charge >= 0.3 is 0 Å². The smallest absolute Gasteiger partial charge is 0.241 e. The number of nitrogens with zero attached hydrogens (tertiary/aromatic N) is 3. The Morgan fingerprint density at radius 3 is 2.63 bits per heavy atom. The fraction of sp³-hybridized carbons (Fsp3) is 0.409. The number of carbonyl (C=O) groups is 2. The van der Waals surface area contributed by atoms with Gasteiger partial charge in [-0.05, 0) is 36.2 Å². The Morgan fingerprint density at radius 2 is 2.00 bits per heavy atom. The van der Waals surface area contributed by atoms with Gasteiger partial charge in [-0.1, -0.05) is 12.1 Å². The molecule has 0 atom stereocenters. The van der Waals surface area contributed by atoms with Crippen LogP contribution in [0.4, 0.5) is 5.69 Å². The molecule has 1 aromatic heterocycles. The largest absolute Gasteiger partial charge is 0.469 e. The van der Waals surface area contributed by atoms with Crippen molar-refractivity contribution >= 4 is 23.5 Å². The summed E-state index contributed by atoms with van der Waals surface area (Å²) in [6.45, 7) is 2.03. The maximum Gasteiger partial charge on any atom is 0.241 e. The van der Waals surface area contributed by atoms with Crippen LogP contribution in [-0.4, -0.2) is 56.4 Å². The van der Waals surface area contributed by atoms with Gasteiger partial charge in [0.05, 0.1) is 19.4 Å². The van der Waals surface area contributed by atoms with Gasteiger partial charge in [0, 0.05) is 45.7 Å². The van der Waals surface area contributed by atoms with E-state index in [-0.39, 0.29) is 18.4 Å². The molecule has 1 aliphatic rings. The summed E-state index contributed by atoms with van der Waals surface area (Å²) in [4.78, 5) is 31.7. The van der Waals surface area contributed by atoms with Crippen molar-refractivity contribution in [1.82, 2.24) is 15.5 Å². The SMILES string of the molecule is CN(C)C(=O)CNC(=NCc1ccc(N2CCCC2=O)cc1)NCCc1ccco1. The van der Waals surface area contributed by atoms with Crippen molar-refractivity contribution in [3.8, 4) is 0 Å². The highest BCUT2D eigenvalue weighted by molar-refractivity contribution is 5.95. The van der Waals surface area contributed by atoms with Crippen molar-refractivity contribution < 1.29 is 14.0 Å². The Balaban J connectivity index is 1.59. The third-order valence-corrected chi connectivity index (χ3v) is 4.89. The predicted octanol–water partition coefficient (Wildman–Crippen LogP) is 1.77. The summed E-state index contributed by atoms with van der Waals surface area (Å²) in [5.74, 6) is 1.60. The Hall–Kier alpha value is -3.29. The number of nitrogens with one attached hydrogen (secondary N) is 2. The van der Waals surface area contributed by atoms with E-state index in [1.165, 1.54) is 4.90 Å². The molecule has 0 aliphatic carbocycles. The van der Waals surface area contributed by atoms with Crippen LogP contribution in [0.2, 0.25) is 0 Å². The monoisotopic (exact) mass is 411 g/mol. The van der Waals surface area contributed by atoms with Gasteiger partial charge in [-0.3, -0.25) is 9.59 Å². The lowest BCUT2D eigenvalue weighted by Gasteiger charge is -2.16. The molecule has 0 saturated carbocycles. The molecule has 0 bridgehead atoms. The Kier molecular flexibility index (Phi) is 7.48. The molecule has 8 nitrogen and oxygen atoms in total. The van der Waals surface area contributed by atoms with E-state index in [1.807, 2.05) is 41.3 Å². The third kappa shape index (κ3) is 6.10. The Bertz CT molecular complexity index is 859. The van der Waals surface area contributed by atoms with E-state index in [0.29, 0.717) is 31.9 Å². The first-order valence-corrected chi connectivity index (χ1v) is 10.2. The first-order chi connectivity index (χ1) is 14.5. The van der Waals surface area contributed by atoms with Crippen LogP contribution in [0, 0.1) is 0 Å². The van der Waals surface area contributed by atoms with Crippen LogP contribution < -0.4 is 15.5 Å². The molecule has 1 fully saturated rings. The van der Waals surface area contributed by atoms with Crippen molar-refractivity contribution in [3.63, 3.8) is 0 Å². The first kappa shape index (κ1) is 21.4. The maximum atomic E-state index is 11.9. The molecule has 0 spiro atoms. The van der Waals surface area contributed by atoms with Crippen LogP contribution in [0.15, 0.2) is 52.1 Å². The minimum absolute atomic E-state index is 0.0323. The second kappa shape index (κ2) is 10.5. The van der Waals surface area contributed by atoms with Crippen LogP contribution in [0.5, 0.6) is 0 Å². The molecule has 160 valence electrons. The molecule has 30 heavy (non-hydrogen) atoms. The predicted molar refractivity (Wildman–Crippen MR) is 116 cm³/mol. The van der Waals surface area contributed by atoms with E-state index in [4.69, 9.17) is 4.42 Å². The van der Waals surface area contributed by atoms with E-state index >= 15 is 0 Å². The van der Waals surface area contributed by atoms with Crippen molar-refractivity contribution in [2.45, 2.75) is 25.8 Å². The number of hydrogen-bond donors (Lipinski definition) is 2. The molecule has 1 saturated heterocycles. The number of likely N-dealkylation sites (N-methyl/N-ethyl adjacent to an activating group) is 1. The van der Waals surface area contributed by atoms with Crippen molar-refractivity contribution in [1.29, 1.82) is 0 Å². The van der Waals surface area contributed by atoms with Crippen LogP contribution in [0.25, 0.3) is 0 Å². The second-order valence-electron chi connectivity index (χ2n) is 7.38. The normalized spacial score (nSPS) is 14.1. The van der Waals surface area contributed by atoms with Gasteiger partial charge in [0.2, 0.25) is 11.8 Å². The van der Waals surface area contributed by atoms with Crippen LogP contribution in [0.1, 0.15) is 24.2 Å². The summed E-state index contributed by atoms with van der Waals surface area (Å²) < 4.78 is 5.35. The van der Waals surface area contributed by atoms with Crippen molar-refractivity contribution in [3.05, 3.63) is 54.0 Å². The van der Waals surface area contributed by atoms with Gasteiger partial charge in [-0.15, -0.1) is 0 Å². The van der Waals surface area contributed by atoms with Crippen LogP contribution >= 0.6 is 0 Å². The van der Waals surface area contributed by atoms with E-state index in [9.17, 15) is 9.59 Å². The lowest BCUT2D eigenvalue weighted by Crippen LogP contribution is -2.43. The average Bonchev–Trinajstić information content (AvgIpc) is 3.41. The number of rotatable bonds is 8. The molecule has 8 heteroatoms. The molecule has 0 radical (unpaired) electrons.